The summed E-state index contributed by atoms with van der Waals surface area (Å²) < 4.78 is 11.7. The zero-order valence-corrected chi connectivity index (χ0v) is 11.5. The number of hydrogen-bond donors (Lipinski definition) is 0. The van der Waals surface area contributed by atoms with E-state index in [2.05, 4.69) is 35.7 Å². The number of hydrogen-bond acceptors (Lipinski definition) is 3. The Bertz CT molecular complexity index is 427. The van der Waals surface area contributed by atoms with Gasteiger partial charge >= 0.3 is 0 Å². The molecule has 0 bridgehead atoms. The fraction of sp³-hybridized carbons (Fsp3) is 0.154. The highest BCUT2D eigenvalue weighted by molar-refractivity contribution is 14.1. The van der Waals surface area contributed by atoms with Crippen LogP contribution in [0, 0.1) is 3.57 Å². The molecule has 0 N–H and O–H groups in total. The van der Waals surface area contributed by atoms with Gasteiger partial charge in [-0.25, -0.2) is 0 Å². The van der Waals surface area contributed by atoms with Crippen LogP contribution in [0.3, 0.4) is 0 Å². The van der Waals surface area contributed by atoms with Gasteiger partial charge in [0.2, 0.25) is 0 Å². The zero-order chi connectivity index (χ0) is 12.7. The van der Waals surface area contributed by atoms with Gasteiger partial charge in [-0.1, -0.05) is 25.3 Å². The summed E-state index contributed by atoms with van der Waals surface area (Å²) in [5, 5.41) is 0. The summed E-state index contributed by atoms with van der Waals surface area (Å²) in [6.45, 7) is 7.91. The molecule has 4 heteroatoms. The van der Waals surface area contributed by atoms with Crippen LogP contribution < -0.4 is 9.47 Å². The number of aldehydes is 1. The molecule has 1 rings (SSSR count). The average molecular weight is 344 g/mol. The van der Waals surface area contributed by atoms with Crippen LogP contribution >= 0.6 is 22.6 Å². The van der Waals surface area contributed by atoms with E-state index in [1.807, 2.05) is 0 Å². The standard InChI is InChI=1S/C13H13IO3/c1-3-5-16-12-8-13(17-6-4-2)11(14)7-10(12)9-15/h3-4,7-9H,1-2,5-6H2. The van der Waals surface area contributed by atoms with E-state index in [-0.39, 0.29) is 0 Å². The molecule has 0 saturated heterocycles. The van der Waals surface area contributed by atoms with Crippen LogP contribution in [0.25, 0.3) is 0 Å². The summed E-state index contributed by atoms with van der Waals surface area (Å²) >= 11 is 2.11. The third kappa shape index (κ3) is 3.89. The average Bonchev–Trinajstić information content (AvgIpc) is 2.35. The SMILES string of the molecule is C=CCOc1cc(OCC=C)c(C=O)cc1I. The first-order chi connectivity index (χ1) is 8.22. The van der Waals surface area contributed by atoms with Crippen LogP contribution in [-0.4, -0.2) is 19.5 Å². The van der Waals surface area contributed by atoms with Crippen molar-refractivity contribution in [1.82, 2.24) is 0 Å². The van der Waals surface area contributed by atoms with Gasteiger partial charge in [-0.3, -0.25) is 4.79 Å². The zero-order valence-electron chi connectivity index (χ0n) is 9.32. The van der Waals surface area contributed by atoms with Gasteiger partial charge in [0.1, 0.15) is 24.7 Å². The lowest BCUT2D eigenvalue weighted by atomic mass is 10.2. The molecule has 90 valence electrons. The van der Waals surface area contributed by atoms with Crippen molar-refractivity contribution in [3.63, 3.8) is 0 Å². The normalized spacial score (nSPS) is 9.47. The summed E-state index contributed by atoms with van der Waals surface area (Å²) in [5.74, 6) is 1.18. The van der Waals surface area contributed by atoms with Gasteiger partial charge in [0.15, 0.2) is 6.29 Å². The van der Waals surface area contributed by atoms with E-state index in [0.29, 0.717) is 30.3 Å². The van der Waals surface area contributed by atoms with Gasteiger partial charge < -0.3 is 9.47 Å². The summed E-state index contributed by atoms with van der Waals surface area (Å²) in [6.07, 6.45) is 4.04. The third-order valence-corrected chi connectivity index (χ3v) is 2.75. The Morgan fingerprint density at radius 1 is 1.12 bits per heavy atom. The second-order valence-corrected chi connectivity index (χ2v) is 4.30. The van der Waals surface area contributed by atoms with Crippen LogP contribution in [0.1, 0.15) is 10.4 Å². The Labute approximate surface area is 114 Å². The Kier molecular flexibility index (Phi) is 5.76. The monoisotopic (exact) mass is 344 g/mol. The highest BCUT2D eigenvalue weighted by Crippen LogP contribution is 2.29. The summed E-state index contributed by atoms with van der Waals surface area (Å²) in [5.41, 5.74) is 0.502. The Morgan fingerprint density at radius 2 is 1.71 bits per heavy atom. The second kappa shape index (κ2) is 7.11. The number of carbonyl (C=O) groups is 1. The topological polar surface area (TPSA) is 35.5 Å². The lowest BCUT2D eigenvalue weighted by Gasteiger charge is -2.11. The number of ether oxygens (including phenoxy) is 2. The third-order valence-electron chi connectivity index (χ3n) is 1.90. The van der Waals surface area contributed by atoms with Crippen molar-refractivity contribution in [2.45, 2.75) is 0 Å². The van der Waals surface area contributed by atoms with Crippen molar-refractivity contribution in [1.29, 1.82) is 0 Å². The quantitative estimate of drug-likeness (QED) is 0.433. The maximum Gasteiger partial charge on any atom is 0.153 e. The van der Waals surface area contributed by atoms with E-state index in [0.717, 1.165) is 9.86 Å². The molecule has 0 saturated carbocycles. The van der Waals surface area contributed by atoms with Gasteiger partial charge in [0, 0.05) is 6.07 Å². The molecular formula is C13H13IO3. The molecule has 1 aromatic carbocycles. The minimum Gasteiger partial charge on any atom is -0.489 e. The van der Waals surface area contributed by atoms with E-state index < -0.39 is 0 Å². The minimum absolute atomic E-state index is 0.350. The van der Waals surface area contributed by atoms with E-state index >= 15 is 0 Å². The summed E-state index contributed by atoms with van der Waals surface area (Å²) in [4.78, 5) is 10.9. The molecule has 0 aliphatic rings. The highest BCUT2D eigenvalue weighted by Gasteiger charge is 2.09. The molecule has 0 aromatic heterocycles. The largest absolute Gasteiger partial charge is 0.489 e. The molecule has 0 fully saturated rings. The molecule has 17 heavy (non-hydrogen) atoms. The first-order valence-electron chi connectivity index (χ1n) is 4.99. The van der Waals surface area contributed by atoms with E-state index in [4.69, 9.17) is 9.47 Å². The van der Waals surface area contributed by atoms with Gasteiger partial charge in [-0.15, -0.1) is 0 Å². The Hall–Kier alpha value is -1.30. The molecule has 0 aliphatic heterocycles. The van der Waals surface area contributed by atoms with Crippen molar-refractivity contribution in [2.75, 3.05) is 13.2 Å². The van der Waals surface area contributed by atoms with E-state index in [1.165, 1.54) is 0 Å². The molecule has 3 nitrogen and oxygen atoms in total. The van der Waals surface area contributed by atoms with E-state index in [1.54, 1.807) is 24.3 Å². The van der Waals surface area contributed by atoms with Gasteiger partial charge in [0.25, 0.3) is 0 Å². The lowest BCUT2D eigenvalue weighted by Crippen LogP contribution is -2.01. The molecule has 1 aromatic rings. The maximum atomic E-state index is 10.9. The fourth-order valence-corrected chi connectivity index (χ4v) is 1.82. The Balaban J connectivity index is 3.02. The molecule has 0 atom stereocenters. The molecule has 0 amide bonds. The van der Waals surface area contributed by atoms with Crippen LogP contribution in [0.15, 0.2) is 37.4 Å². The molecule has 0 unspecified atom stereocenters. The first-order valence-corrected chi connectivity index (χ1v) is 6.07. The minimum atomic E-state index is 0.350. The molecule has 0 aliphatic carbocycles. The smallest absolute Gasteiger partial charge is 0.153 e. The van der Waals surface area contributed by atoms with Gasteiger partial charge in [0.05, 0.1) is 9.13 Å². The maximum absolute atomic E-state index is 10.9. The number of rotatable bonds is 7. The molecule has 0 radical (unpaired) electrons. The van der Waals surface area contributed by atoms with E-state index in [9.17, 15) is 4.79 Å². The van der Waals surface area contributed by atoms with Crippen molar-refractivity contribution in [3.8, 4) is 11.5 Å². The van der Waals surface area contributed by atoms with Crippen molar-refractivity contribution < 1.29 is 14.3 Å². The van der Waals surface area contributed by atoms with Crippen LogP contribution in [0.5, 0.6) is 11.5 Å². The van der Waals surface area contributed by atoms with Crippen LogP contribution in [0.4, 0.5) is 0 Å². The van der Waals surface area contributed by atoms with Crippen molar-refractivity contribution in [3.05, 3.63) is 46.6 Å². The number of benzene rings is 1. The predicted octanol–water partition coefficient (Wildman–Crippen LogP) is 3.23. The highest BCUT2D eigenvalue weighted by atomic mass is 127. The summed E-state index contributed by atoms with van der Waals surface area (Å²) in [7, 11) is 0. The summed E-state index contributed by atoms with van der Waals surface area (Å²) in [6, 6.07) is 3.43. The van der Waals surface area contributed by atoms with Crippen LogP contribution in [0.2, 0.25) is 0 Å². The van der Waals surface area contributed by atoms with Gasteiger partial charge in [-0.05, 0) is 28.7 Å². The predicted molar refractivity (Wildman–Crippen MR) is 75.9 cm³/mol. The number of carbonyl (C=O) groups excluding carboxylic acids is 1. The fourth-order valence-electron chi connectivity index (χ4n) is 1.18. The molecule has 0 spiro atoms. The number of halogens is 1. The van der Waals surface area contributed by atoms with Crippen molar-refractivity contribution >= 4 is 28.9 Å². The van der Waals surface area contributed by atoms with Crippen molar-refractivity contribution in [2.24, 2.45) is 0 Å². The molecular weight excluding hydrogens is 331 g/mol. The first kappa shape index (κ1) is 13.8. The van der Waals surface area contributed by atoms with Gasteiger partial charge in [-0.2, -0.15) is 0 Å². The lowest BCUT2D eigenvalue weighted by molar-refractivity contribution is 0.112. The molecule has 0 heterocycles. The Morgan fingerprint density at radius 3 is 2.24 bits per heavy atom. The second-order valence-electron chi connectivity index (χ2n) is 3.14. The van der Waals surface area contributed by atoms with Crippen LogP contribution in [-0.2, 0) is 0 Å².